The van der Waals surface area contributed by atoms with E-state index in [2.05, 4.69) is 103 Å². The van der Waals surface area contributed by atoms with Gasteiger partial charge >= 0.3 is 0 Å². The zero-order valence-corrected chi connectivity index (χ0v) is 24.0. The van der Waals surface area contributed by atoms with Crippen molar-refractivity contribution in [1.82, 2.24) is 19.9 Å². The molecule has 3 aromatic rings. The number of nitrogens with zero attached hydrogens (tertiary/aromatic N) is 2. The molecule has 0 fully saturated rings. The summed E-state index contributed by atoms with van der Waals surface area (Å²) in [6.07, 6.45) is 4.76. The number of fused-ring (bicyclic) bond motifs is 4. The minimum absolute atomic E-state index is 0.309. The lowest BCUT2D eigenvalue weighted by Crippen LogP contribution is -2.15. The van der Waals surface area contributed by atoms with E-state index in [1.807, 2.05) is 25.1 Å². The normalized spacial score (nSPS) is 14.3. The second-order valence-corrected chi connectivity index (χ2v) is 10.3. The summed E-state index contributed by atoms with van der Waals surface area (Å²) in [5.41, 5.74) is 11.6. The van der Waals surface area contributed by atoms with Crippen molar-refractivity contribution in [2.24, 2.45) is 0 Å². The number of H-pyrrole nitrogens is 2. The summed E-state index contributed by atoms with van der Waals surface area (Å²) in [5.74, 6) is 0.309. The van der Waals surface area contributed by atoms with E-state index in [-0.39, 0.29) is 0 Å². The van der Waals surface area contributed by atoms with Crippen molar-refractivity contribution in [2.45, 2.75) is 52.3 Å². The number of aromatic nitrogens is 4. The minimum atomic E-state index is 0.309. The molecule has 3 heterocycles. The third-order valence-corrected chi connectivity index (χ3v) is 7.21. The lowest BCUT2D eigenvalue weighted by molar-refractivity contribution is 0.793. The number of hydrogen-bond donors (Lipinski definition) is 2. The number of halogens is 1. The molecule has 0 saturated heterocycles. The molecule has 1 unspecified atom stereocenters. The Labute approximate surface area is 227 Å². The third kappa shape index (κ3) is 5.94. The fraction of sp³-hybridized carbons (Fsp3) is 0.250. The van der Waals surface area contributed by atoms with Gasteiger partial charge in [0, 0.05) is 49.9 Å². The van der Waals surface area contributed by atoms with Gasteiger partial charge in [0.15, 0.2) is 0 Å². The first-order chi connectivity index (χ1) is 17.7. The fourth-order valence-corrected chi connectivity index (χ4v) is 5.32. The topological polar surface area (TPSA) is 57.4 Å². The van der Waals surface area contributed by atoms with Crippen LogP contribution in [0.4, 0.5) is 0 Å². The first-order valence-electron chi connectivity index (χ1n) is 12.6. The van der Waals surface area contributed by atoms with Gasteiger partial charge in [-0.05, 0) is 87.2 Å². The van der Waals surface area contributed by atoms with E-state index in [4.69, 9.17) is 9.97 Å². The van der Waals surface area contributed by atoms with Crippen LogP contribution in [0.5, 0.6) is 0 Å². The summed E-state index contributed by atoms with van der Waals surface area (Å²) in [7, 11) is 0. The van der Waals surface area contributed by atoms with E-state index in [0.29, 0.717) is 11.2 Å². The quantitative estimate of drug-likeness (QED) is 0.339. The van der Waals surface area contributed by atoms with Crippen molar-refractivity contribution in [3.05, 3.63) is 99.2 Å². The summed E-state index contributed by atoms with van der Waals surface area (Å²) >= 11 is 3.66. The second kappa shape index (κ2) is 11.3. The zero-order chi connectivity index (χ0) is 26.7. The first kappa shape index (κ1) is 26.6. The molecule has 0 spiro atoms. The van der Waals surface area contributed by atoms with Crippen LogP contribution in [0.3, 0.4) is 0 Å². The number of aromatic amines is 2. The van der Waals surface area contributed by atoms with Crippen LogP contribution < -0.4 is 10.7 Å². The van der Waals surface area contributed by atoms with Gasteiger partial charge < -0.3 is 9.97 Å². The van der Waals surface area contributed by atoms with Crippen molar-refractivity contribution in [3.63, 3.8) is 0 Å². The molecule has 2 aromatic heterocycles. The van der Waals surface area contributed by atoms with E-state index in [9.17, 15) is 0 Å². The van der Waals surface area contributed by atoms with Crippen molar-refractivity contribution in [2.75, 3.05) is 0 Å². The van der Waals surface area contributed by atoms with Crippen LogP contribution in [0, 0.1) is 20.8 Å². The predicted octanol–water partition coefficient (Wildman–Crippen LogP) is 7.10. The molecule has 0 radical (unpaired) electrons. The molecule has 1 atom stereocenters. The molecule has 1 aliphatic heterocycles. The van der Waals surface area contributed by atoms with Crippen LogP contribution in [0.2, 0.25) is 0 Å². The summed E-state index contributed by atoms with van der Waals surface area (Å²) in [6, 6.07) is 14.9. The Morgan fingerprint density at radius 2 is 1.73 bits per heavy atom. The maximum atomic E-state index is 5.13. The molecule has 2 N–H and O–H groups in total. The summed E-state index contributed by atoms with van der Waals surface area (Å²) < 4.78 is 0. The van der Waals surface area contributed by atoms with E-state index >= 15 is 0 Å². The molecule has 0 aliphatic carbocycles. The summed E-state index contributed by atoms with van der Waals surface area (Å²) in [5, 5.41) is 2.38. The Hall–Kier alpha value is -3.44. The van der Waals surface area contributed by atoms with Crippen LogP contribution in [-0.4, -0.2) is 19.9 Å². The molecule has 190 valence electrons. The molecule has 4 nitrogen and oxygen atoms in total. The molecule has 4 bridgehead atoms. The average Bonchev–Trinajstić information content (AvgIpc) is 3.44. The highest BCUT2D eigenvalue weighted by molar-refractivity contribution is 9.08. The number of aryl methyl sites for hydroxylation is 3. The molecule has 0 saturated carbocycles. The number of nitrogens with one attached hydrogen (secondary N) is 2. The van der Waals surface area contributed by atoms with E-state index in [0.717, 1.165) is 56.5 Å². The Balaban J connectivity index is 2.25. The van der Waals surface area contributed by atoms with Gasteiger partial charge in [-0.2, -0.15) is 0 Å². The maximum Gasteiger partial charge on any atom is 0.0726 e. The highest BCUT2D eigenvalue weighted by atomic mass is 79.9. The monoisotopic (exact) mass is 554 g/mol. The van der Waals surface area contributed by atoms with Crippen LogP contribution >= 0.6 is 15.9 Å². The highest BCUT2D eigenvalue weighted by Gasteiger charge is 2.16. The first-order valence-corrected chi connectivity index (χ1v) is 13.7. The van der Waals surface area contributed by atoms with Crippen molar-refractivity contribution >= 4 is 45.7 Å². The van der Waals surface area contributed by atoms with E-state index in [1.54, 1.807) is 0 Å². The second-order valence-electron chi connectivity index (χ2n) is 9.76. The molecule has 0 amide bonds. The Morgan fingerprint density at radius 1 is 1.00 bits per heavy atom. The van der Waals surface area contributed by atoms with Gasteiger partial charge in [-0.15, -0.1) is 0 Å². The Kier molecular flexibility index (Phi) is 8.13. The zero-order valence-electron chi connectivity index (χ0n) is 22.4. The van der Waals surface area contributed by atoms with Gasteiger partial charge in [0.25, 0.3) is 0 Å². The lowest BCUT2D eigenvalue weighted by atomic mass is 9.92. The van der Waals surface area contributed by atoms with Crippen molar-refractivity contribution in [3.8, 4) is 11.1 Å². The molecular weight excluding hydrogens is 520 g/mol. The maximum absolute atomic E-state index is 5.13. The molecule has 5 heteroatoms. The third-order valence-electron chi connectivity index (χ3n) is 6.63. The SMILES string of the molecule is C=Cc1nc(CBr)cc2nc(cc(=C)[nH]/c(=C\C)cc3ccc([nH]3)c1-c1c(C)cc(C)cc1C)C(C)C2. The van der Waals surface area contributed by atoms with Gasteiger partial charge in [-0.25, -0.2) is 0 Å². The van der Waals surface area contributed by atoms with Crippen molar-refractivity contribution < 1.29 is 0 Å². The molecule has 37 heavy (non-hydrogen) atoms. The fourth-order valence-electron chi connectivity index (χ4n) is 5.03. The largest absolute Gasteiger partial charge is 0.356 e. The van der Waals surface area contributed by atoms with Gasteiger partial charge in [-0.3, -0.25) is 9.97 Å². The van der Waals surface area contributed by atoms with Gasteiger partial charge in [-0.1, -0.05) is 59.8 Å². The molecule has 1 aromatic carbocycles. The van der Waals surface area contributed by atoms with Gasteiger partial charge in [0.05, 0.1) is 11.4 Å². The molecular formula is C32H35BrN4. The highest BCUT2D eigenvalue weighted by Crippen LogP contribution is 2.33. The Bertz CT molecular complexity index is 1620. The van der Waals surface area contributed by atoms with Crippen LogP contribution in [0.15, 0.2) is 49.0 Å². The van der Waals surface area contributed by atoms with E-state index in [1.165, 1.54) is 22.3 Å². The molecule has 4 rings (SSSR count). The predicted molar refractivity (Wildman–Crippen MR) is 162 cm³/mol. The van der Waals surface area contributed by atoms with Gasteiger partial charge in [0.1, 0.15) is 0 Å². The lowest BCUT2D eigenvalue weighted by Gasteiger charge is -2.14. The van der Waals surface area contributed by atoms with Crippen LogP contribution in [0.1, 0.15) is 59.2 Å². The standard InChI is InChI=1S/C32H35BrN4/c1-8-24-16-25-10-11-29(35-25)32(31-21(5)12-19(3)13-22(31)6)28(9-2)37-27(18-33)17-26-14-20(4)30(36-26)15-23(7)34-24/h8-13,15-17,20,34-35H,2,7,14,18H2,1,3-6H3/b24-8-,25-16?,27-17?,30-15?,32-29?,37-28?. The Morgan fingerprint density at radius 3 is 2.38 bits per heavy atom. The average molecular weight is 556 g/mol. The number of alkyl halides is 1. The summed E-state index contributed by atoms with van der Waals surface area (Å²) in [6.45, 7) is 19.1. The van der Waals surface area contributed by atoms with Crippen LogP contribution in [-0.2, 0) is 11.8 Å². The number of hydrogen-bond acceptors (Lipinski definition) is 2. The van der Waals surface area contributed by atoms with Gasteiger partial charge in [0.2, 0.25) is 0 Å². The molecule has 1 aliphatic rings. The number of rotatable bonds is 3. The smallest absolute Gasteiger partial charge is 0.0726 e. The minimum Gasteiger partial charge on any atom is -0.356 e. The number of benzene rings is 1. The van der Waals surface area contributed by atoms with Crippen LogP contribution in [0.25, 0.3) is 40.9 Å². The van der Waals surface area contributed by atoms with E-state index < -0.39 is 0 Å². The summed E-state index contributed by atoms with van der Waals surface area (Å²) in [4.78, 5) is 17.1. The van der Waals surface area contributed by atoms with Crippen molar-refractivity contribution in [1.29, 1.82) is 0 Å².